The molecule has 0 unspecified atom stereocenters. The SMILES string of the molecule is CSc1ccc(CN(C)c2ccc([N+](=O)[O-])cc2C#N)cc1. The Labute approximate surface area is 133 Å². The standard InChI is InChI=1S/C16H15N3O2S/c1-18(11-12-3-6-15(22-2)7-4-12)16-8-5-14(19(20)21)9-13(16)10-17/h3-9H,11H2,1-2H3. The van der Waals surface area contributed by atoms with Crippen LogP contribution in [0.25, 0.3) is 0 Å². The van der Waals surface area contributed by atoms with E-state index in [1.54, 1.807) is 17.8 Å². The highest BCUT2D eigenvalue weighted by Crippen LogP contribution is 2.25. The van der Waals surface area contributed by atoms with Crippen molar-refractivity contribution in [3.05, 3.63) is 63.7 Å². The van der Waals surface area contributed by atoms with Crippen molar-refractivity contribution in [1.29, 1.82) is 5.26 Å². The predicted octanol–water partition coefficient (Wildman–Crippen LogP) is 3.82. The highest BCUT2D eigenvalue weighted by molar-refractivity contribution is 7.98. The minimum absolute atomic E-state index is 0.0713. The van der Waals surface area contributed by atoms with Gasteiger partial charge in [0.25, 0.3) is 5.69 Å². The van der Waals surface area contributed by atoms with E-state index < -0.39 is 4.92 Å². The number of hydrogen-bond donors (Lipinski definition) is 0. The zero-order valence-electron chi connectivity index (χ0n) is 12.3. The fourth-order valence-corrected chi connectivity index (χ4v) is 2.56. The molecule has 0 spiro atoms. The van der Waals surface area contributed by atoms with Crippen molar-refractivity contribution in [1.82, 2.24) is 0 Å². The minimum atomic E-state index is -0.494. The van der Waals surface area contributed by atoms with Gasteiger partial charge in [-0.3, -0.25) is 10.1 Å². The summed E-state index contributed by atoms with van der Waals surface area (Å²) in [4.78, 5) is 13.4. The third kappa shape index (κ3) is 3.57. The predicted molar refractivity (Wildman–Crippen MR) is 88.1 cm³/mol. The first-order valence-electron chi connectivity index (χ1n) is 6.57. The monoisotopic (exact) mass is 313 g/mol. The van der Waals surface area contributed by atoms with Crippen LogP contribution in [0.1, 0.15) is 11.1 Å². The van der Waals surface area contributed by atoms with E-state index in [1.807, 2.05) is 36.4 Å². The van der Waals surface area contributed by atoms with E-state index >= 15 is 0 Å². The molecule has 0 aliphatic rings. The lowest BCUT2D eigenvalue weighted by atomic mass is 10.1. The van der Waals surface area contributed by atoms with Gasteiger partial charge in [0.15, 0.2) is 0 Å². The van der Waals surface area contributed by atoms with E-state index in [-0.39, 0.29) is 5.69 Å². The molecule has 0 bridgehead atoms. The van der Waals surface area contributed by atoms with Gasteiger partial charge in [0.1, 0.15) is 6.07 Å². The molecule has 0 saturated carbocycles. The van der Waals surface area contributed by atoms with E-state index in [9.17, 15) is 15.4 Å². The van der Waals surface area contributed by atoms with E-state index in [0.717, 1.165) is 5.56 Å². The molecule has 0 heterocycles. The number of nitriles is 1. The van der Waals surface area contributed by atoms with Gasteiger partial charge < -0.3 is 4.90 Å². The Bertz CT molecular complexity index is 723. The average molecular weight is 313 g/mol. The summed E-state index contributed by atoms with van der Waals surface area (Å²) in [6.45, 7) is 0.626. The Hall–Kier alpha value is -2.52. The first kappa shape index (κ1) is 15.9. The topological polar surface area (TPSA) is 70.2 Å². The summed E-state index contributed by atoms with van der Waals surface area (Å²) in [5, 5.41) is 20.0. The molecule has 5 nitrogen and oxygen atoms in total. The van der Waals surface area contributed by atoms with Gasteiger partial charge in [-0.1, -0.05) is 12.1 Å². The zero-order valence-corrected chi connectivity index (χ0v) is 13.1. The summed E-state index contributed by atoms with van der Waals surface area (Å²) in [5.74, 6) is 0. The lowest BCUT2D eigenvalue weighted by Crippen LogP contribution is -2.17. The van der Waals surface area contributed by atoms with Gasteiger partial charge in [0.2, 0.25) is 0 Å². The van der Waals surface area contributed by atoms with Gasteiger partial charge in [-0.25, -0.2) is 0 Å². The summed E-state index contributed by atoms with van der Waals surface area (Å²) < 4.78 is 0. The van der Waals surface area contributed by atoms with Gasteiger partial charge in [0, 0.05) is 30.6 Å². The molecule has 6 heteroatoms. The molecule has 0 amide bonds. The normalized spacial score (nSPS) is 10.0. The van der Waals surface area contributed by atoms with Crippen LogP contribution < -0.4 is 4.90 Å². The largest absolute Gasteiger partial charge is 0.369 e. The van der Waals surface area contributed by atoms with E-state index in [0.29, 0.717) is 17.8 Å². The summed E-state index contributed by atoms with van der Waals surface area (Å²) >= 11 is 1.68. The maximum absolute atomic E-state index is 10.8. The molecule has 0 aliphatic carbocycles. The van der Waals surface area contributed by atoms with Gasteiger partial charge in [-0.15, -0.1) is 11.8 Å². The second kappa shape index (κ2) is 6.96. The van der Waals surface area contributed by atoms with Crippen LogP contribution in [0.2, 0.25) is 0 Å². The lowest BCUT2D eigenvalue weighted by molar-refractivity contribution is -0.384. The van der Waals surface area contributed by atoms with Crippen LogP contribution in [0.3, 0.4) is 0 Å². The number of benzene rings is 2. The highest BCUT2D eigenvalue weighted by atomic mass is 32.2. The summed E-state index contributed by atoms with van der Waals surface area (Å²) in [6, 6.07) is 14.6. The third-order valence-electron chi connectivity index (χ3n) is 3.30. The van der Waals surface area contributed by atoms with Crippen LogP contribution in [0, 0.1) is 21.4 Å². The van der Waals surface area contributed by atoms with Crippen LogP contribution in [-0.4, -0.2) is 18.2 Å². The van der Waals surface area contributed by atoms with Crippen molar-refractivity contribution < 1.29 is 4.92 Å². The number of nitro benzene ring substituents is 1. The quantitative estimate of drug-likeness (QED) is 0.477. The molecule has 0 N–H and O–H groups in total. The van der Waals surface area contributed by atoms with Gasteiger partial charge >= 0.3 is 0 Å². The third-order valence-corrected chi connectivity index (χ3v) is 4.05. The number of hydrogen-bond acceptors (Lipinski definition) is 5. The Balaban J connectivity index is 2.23. The van der Waals surface area contributed by atoms with Gasteiger partial charge in [-0.2, -0.15) is 5.26 Å². The zero-order chi connectivity index (χ0) is 16.1. The highest BCUT2D eigenvalue weighted by Gasteiger charge is 2.13. The average Bonchev–Trinajstić information content (AvgIpc) is 2.54. The molecule has 2 aromatic carbocycles. The molecule has 0 aromatic heterocycles. The van der Waals surface area contributed by atoms with Crippen molar-refractivity contribution in [2.24, 2.45) is 0 Å². The van der Waals surface area contributed by atoms with Crippen molar-refractivity contribution in [3.63, 3.8) is 0 Å². The number of nitrogens with zero attached hydrogens (tertiary/aromatic N) is 3. The Morgan fingerprint density at radius 3 is 2.50 bits per heavy atom. The number of nitro groups is 1. The Morgan fingerprint density at radius 2 is 1.95 bits per heavy atom. The summed E-state index contributed by atoms with van der Waals surface area (Å²) in [5.41, 5.74) is 2.03. The molecule has 22 heavy (non-hydrogen) atoms. The van der Waals surface area contributed by atoms with E-state index in [1.165, 1.54) is 17.0 Å². The maximum atomic E-state index is 10.8. The van der Waals surface area contributed by atoms with Crippen LogP contribution >= 0.6 is 11.8 Å². The Morgan fingerprint density at radius 1 is 1.27 bits per heavy atom. The lowest BCUT2D eigenvalue weighted by Gasteiger charge is -2.20. The molecule has 0 radical (unpaired) electrons. The summed E-state index contributed by atoms with van der Waals surface area (Å²) in [7, 11) is 1.87. The van der Waals surface area contributed by atoms with Crippen LogP contribution in [0.5, 0.6) is 0 Å². The smallest absolute Gasteiger partial charge is 0.270 e. The fourth-order valence-electron chi connectivity index (χ4n) is 2.15. The maximum Gasteiger partial charge on any atom is 0.270 e. The summed E-state index contributed by atoms with van der Waals surface area (Å²) in [6.07, 6.45) is 2.03. The number of anilines is 1. The molecule has 0 fully saturated rings. The van der Waals surface area contributed by atoms with Crippen molar-refractivity contribution in [3.8, 4) is 6.07 Å². The van der Waals surface area contributed by atoms with Gasteiger partial charge in [-0.05, 0) is 30.0 Å². The molecule has 0 aliphatic heterocycles. The minimum Gasteiger partial charge on any atom is -0.369 e. The molecular formula is C16H15N3O2S. The number of rotatable bonds is 5. The van der Waals surface area contributed by atoms with Crippen molar-refractivity contribution in [2.75, 3.05) is 18.2 Å². The van der Waals surface area contributed by atoms with Crippen molar-refractivity contribution in [2.45, 2.75) is 11.4 Å². The molecule has 0 atom stereocenters. The number of thioether (sulfide) groups is 1. The molecular weight excluding hydrogens is 298 g/mol. The second-order valence-electron chi connectivity index (χ2n) is 4.77. The molecule has 112 valence electrons. The van der Waals surface area contributed by atoms with Crippen LogP contribution in [0.4, 0.5) is 11.4 Å². The first-order valence-corrected chi connectivity index (χ1v) is 7.80. The Kier molecular flexibility index (Phi) is 5.02. The van der Waals surface area contributed by atoms with Crippen LogP contribution in [0.15, 0.2) is 47.4 Å². The van der Waals surface area contributed by atoms with Crippen molar-refractivity contribution >= 4 is 23.1 Å². The second-order valence-corrected chi connectivity index (χ2v) is 5.65. The van der Waals surface area contributed by atoms with Crippen LogP contribution in [-0.2, 0) is 6.54 Å². The number of non-ortho nitro benzene ring substituents is 1. The molecule has 2 rings (SSSR count). The fraction of sp³-hybridized carbons (Fsp3) is 0.188. The first-order chi connectivity index (χ1) is 10.5. The van der Waals surface area contributed by atoms with Gasteiger partial charge in [0.05, 0.1) is 16.2 Å². The van der Waals surface area contributed by atoms with E-state index in [4.69, 9.17) is 0 Å². The molecule has 2 aromatic rings. The molecule has 0 saturated heterocycles. The van der Waals surface area contributed by atoms with E-state index in [2.05, 4.69) is 12.1 Å².